The minimum absolute atomic E-state index is 0.0698. The van der Waals surface area contributed by atoms with Crippen LogP contribution in [0.1, 0.15) is 26.5 Å². The molecule has 0 saturated carbocycles. The lowest BCUT2D eigenvalue weighted by Gasteiger charge is -2.10. The fourth-order valence-corrected chi connectivity index (χ4v) is 2.45. The number of furan rings is 1. The van der Waals surface area contributed by atoms with E-state index >= 15 is 0 Å². The molecule has 0 radical (unpaired) electrons. The maximum Gasteiger partial charge on any atom is 0.291 e. The molecule has 0 fully saturated rings. The summed E-state index contributed by atoms with van der Waals surface area (Å²) in [5.41, 5.74) is 1.93. The minimum Gasteiger partial charge on any atom is -0.451 e. The Morgan fingerprint density at radius 3 is 2.62 bits per heavy atom. The predicted octanol–water partition coefficient (Wildman–Crippen LogP) is 3.49. The Labute approximate surface area is 137 Å². The van der Waals surface area contributed by atoms with Crippen LogP contribution in [0.2, 0.25) is 0 Å². The maximum atomic E-state index is 13.2. The van der Waals surface area contributed by atoms with E-state index in [0.29, 0.717) is 27.8 Å². The van der Waals surface area contributed by atoms with Crippen molar-refractivity contribution in [1.29, 1.82) is 0 Å². The van der Waals surface area contributed by atoms with E-state index in [1.165, 1.54) is 12.1 Å². The van der Waals surface area contributed by atoms with Crippen LogP contribution in [-0.2, 0) is 0 Å². The summed E-state index contributed by atoms with van der Waals surface area (Å²) in [4.78, 5) is 24.2. The Morgan fingerprint density at radius 1 is 1.08 bits per heavy atom. The molecule has 0 aliphatic carbocycles. The Balaban J connectivity index is 1.90. The van der Waals surface area contributed by atoms with E-state index in [2.05, 4.69) is 10.6 Å². The highest BCUT2D eigenvalue weighted by atomic mass is 19.1. The number of hydrogen-bond donors (Lipinski definition) is 2. The highest BCUT2D eigenvalue weighted by Crippen LogP contribution is 2.23. The first-order chi connectivity index (χ1) is 11.5. The fourth-order valence-electron chi connectivity index (χ4n) is 2.45. The van der Waals surface area contributed by atoms with Gasteiger partial charge in [0.15, 0.2) is 5.76 Å². The van der Waals surface area contributed by atoms with E-state index in [-0.39, 0.29) is 11.7 Å². The Bertz CT molecular complexity index is 947. The van der Waals surface area contributed by atoms with E-state index < -0.39 is 11.7 Å². The Morgan fingerprint density at radius 2 is 1.88 bits per heavy atom. The van der Waals surface area contributed by atoms with Crippen LogP contribution in [0.4, 0.5) is 10.1 Å². The second-order valence-corrected chi connectivity index (χ2v) is 5.30. The van der Waals surface area contributed by atoms with Crippen molar-refractivity contribution in [3.63, 3.8) is 0 Å². The van der Waals surface area contributed by atoms with Crippen molar-refractivity contribution in [3.05, 3.63) is 65.2 Å². The third kappa shape index (κ3) is 2.86. The number of hydrogen-bond acceptors (Lipinski definition) is 3. The standard InChI is InChI=1S/C18H15FN2O3/c1-10-13(17(22)20-2)4-3-5-14(10)21-18(23)16-8-11-6-7-12(19)9-15(11)24-16/h3-9H,1-2H3,(H,20,22)(H,21,23). The SMILES string of the molecule is CNC(=O)c1cccc(NC(=O)c2cc3ccc(F)cc3o2)c1C. The molecule has 24 heavy (non-hydrogen) atoms. The molecule has 6 heteroatoms. The zero-order chi connectivity index (χ0) is 17.3. The monoisotopic (exact) mass is 326 g/mol. The normalized spacial score (nSPS) is 10.6. The van der Waals surface area contributed by atoms with Gasteiger partial charge in [0.25, 0.3) is 11.8 Å². The van der Waals surface area contributed by atoms with Crippen LogP contribution >= 0.6 is 0 Å². The molecule has 5 nitrogen and oxygen atoms in total. The Kier molecular flexibility index (Phi) is 4.04. The first kappa shape index (κ1) is 15.7. The average molecular weight is 326 g/mol. The molecule has 2 N–H and O–H groups in total. The summed E-state index contributed by atoms with van der Waals surface area (Å²) in [5.74, 6) is -1.06. The van der Waals surface area contributed by atoms with Gasteiger partial charge in [-0.3, -0.25) is 9.59 Å². The van der Waals surface area contributed by atoms with Crippen molar-refractivity contribution in [3.8, 4) is 0 Å². The molecule has 0 bridgehead atoms. The van der Waals surface area contributed by atoms with Crippen molar-refractivity contribution in [2.45, 2.75) is 6.92 Å². The number of fused-ring (bicyclic) bond motifs is 1. The molecule has 1 heterocycles. The largest absolute Gasteiger partial charge is 0.451 e. The zero-order valence-corrected chi connectivity index (χ0v) is 13.1. The van der Waals surface area contributed by atoms with Crippen LogP contribution < -0.4 is 10.6 Å². The van der Waals surface area contributed by atoms with Crippen molar-refractivity contribution in [1.82, 2.24) is 5.32 Å². The van der Waals surface area contributed by atoms with E-state index in [0.717, 1.165) is 0 Å². The van der Waals surface area contributed by atoms with Gasteiger partial charge >= 0.3 is 0 Å². The van der Waals surface area contributed by atoms with Gasteiger partial charge in [0.05, 0.1) is 0 Å². The lowest BCUT2D eigenvalue weighted by atomic mass is 10.1. The van der Waals surface area contributed by atoms with Crippen LogP contribution in [0, 0.1) is 12.7 Å². The topological polar surface area (TPSA) is 71.3 Å². The first-order valence-corrected chi connectivity index (χ1v) is 7.31. The lowest BCUT2D eigenvalue weighted by molar-refractivity contribution is 0.0960. The number of amides is 2. The molecule has 0 spiro atoms. The first-order valence-electron chi connectivity index (χ1n) is 7.31. The molecular formula is C18H15FN2O3. The summed E-state index contributed by atoms with van der Waals surface area (Å²) in [6.45, 7) is 1.74. The summed E-state index contributed by atoms with van der Waals surface area (Å²) in [5, 5.41) is 5.90. The van der Waals surface area contributed by atoms with Gasteiger partial charge in [0.1, 0.15) is 11.4 Å². The molecule has 2 aromatic carbocycles. The van der Waals surface area contributed by atoms with Gasteiger partial charge in [-0.1, -0.05) is 6.07 Å². The lowest BCUT2D eigenvalue weighted by Crippen LogP contribution is -2.20. The van der Waals surface area contributed by atoms with E-state index in [9.17, 15) is 14.0 Å². The molecule has 3 rings (SSSR count). The summed E-state index contributed by atoms with van der Waals surface area (Å²) >= 11 is 0. The van der Waals surface area contributed by atoms with Crippen molar-refractivity contribution in [2.24, 2.45) is 0 Å². The number of carbonyl (C=O) groups is 2. The average Bonchev–Trinajstić information content (AvgIpc) is 2.99. The third-order valence-electron chi connectivity index (χ3n) is 3.76. The second-order valence-electron chi connectivity index (χ2n) is 5.30. The molecule has 0 saturated heterocycles. The van der Waals surface area contributed by atoms with E-state index in [4.69, 9.17) is 4.42 Å². The summed E-state index contributed by atoms with van der Waals surface area (Å²) < 4.78 is 18.6. The maximum absolute atomic E-state index is 13.2. The van der Waals surface area contributed by atoms with Gasteiger partial charge in [0.2, 0.25) is 0 Å². The highest BCUT2D eigenvalue weighted by molar-refractivity contribution is 6.06. The third-order valence-corrected chi connectivity index (χ3v) is 3.76. The molecule has 3 aromatic rings. The van der Waals surface area contributed by atoms with Gasteiger partial charge in [-0.2, -0.15) is 0 Å². The van der Waals surface area contributed by atoms with E-state index in [1.54, 1.807) is 44.3 Å². The summed E-state index contributed by atoms with van der Waals surface area (Å²) in [6.07, 6.45) is 0. The molecule has 122 valence electrons. The molecule has 0 aliphatic rings. The van der Waals surface area contributed by atoms with Gasteiger partial charge < -0.3 is 15.1 Å². The van der Waals surface area contributed by atoms with Crippen LogP contribution in [0.25, 0.3) is 11.0 Å². The number of halogens is 1. The van der Waals surface area contributed by atoms with Gasteiger partial charge in [-0.05, 0) is 42.8 Å². The molecule has 0 unspecified atom stereocenters. The Hall–Kier alpha value is -3.15. The number of rotatable bonds is 3. The van der Waals surface area contributed by atoms with Gasteiger partial charge in [-0.15, -0.1) is 0 Å². The van der Waals surface area contributed by atoms with Crippen molar-refractivity contribution >= 4 is 28.5 Å². The van der Waals surface area contributed by atoms with Crippen LogP contribution in [0.3, 0.4) is 0 Å². The quantitative estimate of drug-likeness (QED) is 0.774. The minimum atomic E-state index is -0.469. The highest BCUT2D eigenvalue weighted by Gasteiger charge is 2.16. The number of benzene rings is 2. The van der Waals surface area contributed by atoms with Crippen LogP contribution in [0.5, 0.6) is 0 Å². The molecule has 1 aromatic heterocycles. The zero-order valence-electron chi connectivity index (χ0n) is 13.1. The van der Waals surface area contributed by atoms with Gasteiger partial charge in [0, 0.05) is 29.8 Å². The molecule has 2 amide bonds. The molecule has 0 atom stereocenters. The number of nitrogens with one attached hydrogen (secondary N) is 2. The predicted molar refractivity (Wildman–Crippen MR) is 88.7 cm³/mol. The number of carbonyl (C=O) groups excluding carboxylic acids is 2. The summed E-state index contributed by atoms with van der Waals surface area (Å²) in [6, 6.07) is 10.7. The molecule has 0 aliphatic heterocycles. The molecular weight excluding hydrogens is 311 g/mol. The summed E-state index contributed by atoms with van der Waals surface area (Å²) in [7, 11) is 1.54. The van der Waals surface area contributed by atoms with E-state index in [1.807, 2.05) is 0 Å². The van der Waals surface area contributed by atoms with Crippen molar-refractivity contribution in [2.75, 3.05) is 12.4 Å². The van der Waals surface area contributed by atoms with Gasteiger partial charge in [-0.25, -0.2) is 4.39 Å². The number of anilines is 1. The fraction of sp³-hybridized carbons (Fsp3) is 0.111. The van der Waals surface area contributed by atoms with Crippen molar-refractivity contribution < 1.29 is 18.4 Å². The van der Waals surface area contributed by atoms with Crippen LogP contribution in [0.15, 0.2) is 46.9 Å². The smallest absolute Gasteiger partial charge is 0.291 e. The second kappa shape index (κ2) is 6.16. The van der Waals surface area contributed by atoms with Crippen LogP contribution in [-0.4, -0.2) is 18.9 Å².